The lowest BCUT2D eigenvalue weighted by molar-refractivity contribution is 1.18. The Morgan fingerprint density at radius 1 is 0.274 bits per heavy atom. The number of hydrogen-bond donors (Lipinski definition) is 0. The summed E-state index contributed by atoms with van der Waals surface area (Å²) in [5.74, 6) is 0. The van der Waals surface area contributed by atoms with Gasteiger partial charge in [-0.2, -0.15) is 0 Å². The Bertz CT molecular complexity index is 3620. The van der Waals surface area contributed by atoms with Crippen molar-refractivity contribution in [2.45, 2.75) is 0 Å². The molecule has 0 radical (unpaired) electrons. The molecule has 62 heavy (non-hydrogen) atoms. The number of nitrogens with zero attached hydrogens (tertiary/aromatic N) is 2. The molecule has 2 heteroatoms. The molecule has 1 aromatic heterocycles. The molecule has 12 rings (SSSR count). The van der Waals surface area contributed by atoms with Crippen LogP contribution in [-0.2, 0) is 0 Å². The van der Waals surface area contributed by atoms with Crippen LogP contribution in [0, 0.1) is 0 Å². The predicted octanol–water partition coefficient (Wildman–Crippen LogP) is 16.7. The van der Waals surface area contributed by atoms with Crippen LogP contribution in [0.3, 0.4) is 0 Å². The number of benzene rings is 11. The molecule has 12 aromatic rings. The topological polar surface area (TPSA) is 8.17 Å². The Morgan fingerprint density at radius 3 is 1.60 bits per heavy atom. The molecule has 0 saturated heterocycles. The van der Waals surface area contributed by atoms with Crippen molar-refractivity contribution in [3.8, 4) is 39.1 Å². The summed E-state index contributed by atoms with van der Waals surface area (Å²) in [6, 6.07) is 88.5. The molecule has 0 aliphatic rings. The zero-order valence-corrected chi connectivity index (χ0v) is 34.0. The van der Waals surface area contributed by atoms with Crippen molar-refractivity contribution >= 4 is 71.2 Å². The Hall–Kier alpha value is -8.20. The van der Waals surface area contributed by atoms with Gasteiger partial charge in [0.1, 0.15) is 0 Å². The van der Waals surface area contributed by atoms with Gasteiger partial charge in [-0.1, -0.05) is 176 Å². The van der Waals surface area contributed by atoms with Gasteiger partial charge in [-0.3, -0.25) is 0 Å². The van der Waals surface area contributed by atoms with Gasteiger partial charge in [0.05, 0.1) is 11.0 Å². The highest BCUT2D eigenvalue weighted by Gasteiger charge is 2.20. The summed E-state index contributed by atoms with van der Waals surface area (Å²) in [5.41, 5.74) is 13.9. The molecule has 290 valence electrons. The highest BCUT2D eigenvalue weighted by Crippen LogP contribution is 2.44. The molecular weight excluding hydrogens is 749 g/mol. The minimum absolute atomic E-state index is 1.09. The van der Waals surface area contributed by atoms with Crippen molar-refractivity contribution in [2.24, 2.45) is 0 Å². The normalized spacial score (nSPS) is 11.5. The highest BCUT2D eigenvalue weighted by atomic mass is 15.1. The number of aromatic nitrogens is 1. The third-order valence-corrected chi connectivity index (χ3v) is 12.5. The van der Waals surface area contributed by atoms with E-state index in [1.165, 1.54) is 81.9 Å². The van der Waals surface area contributed by atoms with Crippen LogP contribution in [0.2, 0.25) is 0 Å². The maximum Gasteiger partial charge on any atom is 0.0547 e. The minimum atomic E-state index is 1.09. The second-order valence-corrected chi connectivity index (χ2v) is 16.1. The van der Waals surface area contributed by atoms with Crippen molar-refractivity contribution in [3.63, 3.8) is 0 Å². The fourth-order valence-electron chi connectivity index (χ4n) is 9.63. The number of rotatable bonds is 7. The van der Waals surface area contributed by atoms with Gasteiger partial charge in [0.25, 0.3) is 0 Å². The van der Waals surface area contributed by atoms with E-state index >= 15 is 0 Å². The number of fused-ring (bicyclic) bond motifs is 8. The van der Waals surface area contributed by atoms with Crippen molar-refractivity contribution in [2.75, 3.05) is 4.90 Å². The van der Waals surface area contributed by atoms with E-state index in [-0.39, 0.29) is 0 Å². The predicted molar refractivity (Wildman–Crippen MR) is 264 cm³/mol. The van der Waals surface area contributed by atoms with Crippen molar-refractivity contribution in [1.82, 2.24) is 4.57 Å². The fourth-order valence-corrected chi connectivity index (χ4v) is 9.63. The third-order valence-electron chi connectivity index (χ3n) is 12.5. The first-order chi connectivity index (χ1) is 30.7. The molecular formula is C60H40N2. The van der Waals surface area contributed by atoms with Gasteiger partial charge in [0, 0.05) is 33.5 Å². The summed E-state index contributed by atoms with van der Waals surface area (Å²) in [4.78, 5) is 2.40. The molecule has 0 saturated carbocycles. The van der Waals surface area contributed by atoms with E-state index in [1.807, 2.05) is 0 Å². The van der Waals surface area contributed by atoms with Crippen LogP contribution in [0.4, 0.5) is 17.1 Å². The van der Waals surface area contributed by atoms with Crippen LogP contribution in [0.5, 0.6) is 0 Å². The maximum atomic E-state index is 2.42. The summed E-state index contributed by atoms with van der Waals surface area (Å²) in [6.07, 6.45) is 0. The first-order valence-corrected chi connectivity index (χ1v) is 21.3. The molecule has 1 heterocycles. The highest BCUT2D eigenvalue weighted by molar-refractivity contribution is 6.25. The van der Waals surface area contributed by atoms with E-state index in [2.05, 4.69) is 252 Å². The number of anilines is 3. The lowest BCUT2D eigenvalue weighted by Crippen LogP contribution is -2.10. The average molecular weight is 789 g/mol. The van der Waals surface area contributed by atoms with Gasteiger partial charge in [-0.15, -0.1) is 0 Å². The largest absolute Gasteiger partial charge is 0.310 e. The van der Waals surface area contributed by atoms with Gasteiger partial charge in [-0.05, 0) is 132 Å². The standard InChI is InChI=1S/C60H40N2/c1-3-14-41(15-4-1)45-18-11-22-51(39-45)61(50-34-30-42(31-35-50)46-32-36-54-48(38-46)29-28-43-16-7-9-24-53(43)54)52-23-12-19-47(40-52)56-26-13-27-57-60(56)59-55-25-10-8-17-44(55)33-37-58(59)62(57)49-20-5-2-6-21-49/h1-40H. The fraction of sp³-hybridized carbons (Fsp3) is 0. The molecule has 0 aliphatic heterocycles. The minimum Gasteiger partial charge on any atom is -0.310 e. The third kappa shape index (κ3) is 6.04. The SMILES string of the molecule is c1ccc(-c2cccc(N(c3ccc(-c4ccc5c(ccc6ccccc65)c4)cc3)c3cccc(-c4cccc5c4c4c6ccccc6ccc4n5-c4ccccc4)c3)c2)cc1. The Kier molecular flexibility index (Phi) is 8.53. The van der Waals surface area contributed by atoms with E-state index in [1.54, 1.807) is 0 Å². The van der Waals surface area contributed by atoms with Crippen molar-refractivity contribution in [3.05, 3.63) is 243 Å². The van der Waals surface area contributed by atoms with E-state index in [4.69, 9.17) is 0 Å². The molecule has 0 spiro atoms. The molecule has 2 nitrogen and oxygen atoms in total. The van der Waals surface area contributed by atoms with Gasteiger partial charge < -0.3 is 9.47 Å². The molecule has 0 amide bonds. The summed E-state index contributed by atoms with van der Waals surface area (Å²) < 4.78 is 2.42. The van der Waals surface area contributed by atoms with Gasteiger partial charge >= 0.3 is 0 Å². The van der Waals surface area contributed by atoms with Crippen LogP contribution in [0.25, 0.3) is 93.2 Å². The second kappa shape index (κ2) is 14.8. The second-order valence-electron chi connectivity index (χ2n) is 16.1. The van der Waals surface area contributed by atoms with Crippen LogP contribution >= 0.6 is 0 Å². The molecule has 0 aliphatic carbocycles. The van der Waals surface area contributed by atoms with Gasteiger partial charge in [-0.25, -0.2) is 0 Å². The monoisotopic (exact) mass is 788 g/mol. The smallest absolute Gasteiger partial charge is 0.0547 e. The van der Waals surface area contributed by atoms with Crippen LogP contribution in [0.1, 0.15) is 0 Å². The summed E-state index contributed by atoms with van der Waals surface area (Å²) in [6.45, 7) is 0. The molecule has 0 fully saturated rings. The summed E-state index contributed by atoms with van der Waals surface area (Å²) in [7, 11) is 0. The van der Waals surface area contributed by atoms with Crippen molar-refractivity contribution < 1.29 is 0 Å². The zero-order chi connectivity index (χ0) is 41.0. The van der Waals surface area contributed by atoms with Crippen LogP contribution in [0.15, 0.2) is 243 Å². The van der Waals surface area contributed by atoms with E-state index in [0.717, 1.165) is 28.3 Å². The molecule has 0 atom stereocenters. The quantitative estimate of drug-likeness (QED) is 0.146. The lowest BCUT2D eigenvalue weighted by atomic mass is 9.96. The number of hydrogen-bond acceptors (Lipinski definition) is 1. The van der Waals surface area contributed by atoms with E-state index in [0.29, 0.717) is 0 Å². The molecule has 11 aromatic carbocycles. The number of para-hydroxylation sites is 1. The zero-order valence-electron chi connectivity index (χ0n) is 34.0. The first kappa shape index (κ1) is 35.7. The van der Waals surface area contributed by atoms with E-state index in [9.17, 15) is 0 Å². The maximum absolute atomic E-state index is 2.42. The van der Waals surface area contributed by atoms with Crippen LogP contribution < -0.4 is 4.90 Å². The van der Waals surface area contributed by atoms with Gasteiger partial charge in [0.2, 0.25) is 0 Å². The molecule has 0 bridgehead atoms. The Balaban J connectivity index is 1.02. The first-order valence-electron chi connectivity index (χ1n) is 21.3. The molecule has 0 N–H and O–H groups in total. The molecule has 0 unspecified atom stereocenters. The van der Waals surface area contributed by atoms with Gasteiger partial charge in [0.15, 0.2) is 0 Å². The Labute approximate surface area is 360 Å². The summed E-state index contributed by atoms with van der Waals surface area (Å²) >= 11 is 0. The lowest BCUT2D eigenvalue weighted by Gasteiger charge is -2.27. The van der Waals surface area contributed by atoms with E-state index < -0.39 is 0 Å². The summed E-state index contributed by atoms with van der Waals surface area (Å²) in [5, 5.41) is 10.1. The average Bonchev–Trinajstić information content (AvgIpc) is 3.70. The Morgan fingerprint density at radius 2 is 0.806 bits per heavy atom. The van der Waals surface area contributed by atoms with Crippen molar-refractivity contribution in [1.29, 1.82) is 0 Å². The van der Waals surface area contributed by atoms with Crippen LogP contribution in [-0.4, -0.2) is 4.57 Å².